The summed E-state index contributed by atoms with van der Waals surface area (Å²) in [6.07, 6.45) is 2.98. The van der Waals surface area contributed by atoms with E-state index in [2.05, 4.69) is 10.6 Å². The van der Waals surface area contributed by atoms with Gasteiger partial charge in [0.1, 0.15) is 6.04 Å². The second-order valence-electron chi connectivity index (χ2n) is 5.42. The van der Waals surface area contributed by atoms with Crippen LogP contribution in [0, 0.1) is 0 Å². The average molecular weight is 269 g/mol. The van der Waals surface area contributed by atoms with Crippen molar-refractivity contribution in [3.8, 4) is 0 Å². The molecule has 2 atom stereocenters. The van der Waals surface area contributed by atoms with Crippen LogP contribution in [0.5, 0.6) is 0 Å². The summed E-state index contributed by atoms with van der Waals surface area (Å²) in [4.78, 5) is 26.1. The highest BCUT2D eigenvalue weighted by molar-refractivity contribution is 5.91. The molecule has 0 saturated carbocycles. The molecule has 1 saturated heterocycles. The Morgan fingerprint density at radius 2 is 1.95 bits per heavy atom. The summed E-state index contributed by atoms with van der Waals surface area (Å²) in [5, 5.41) is 6.11. The molecule has 5 nitrogen and oxygen atoms in total. The summed E-state index contributed by atoms with van der Waals surface area (Å²) in [7, 11) is 0. The summed E-state index contributed by atoms with van der Waals surface area (Å²) in [6.45, 7) is 9.76. The molecule has 1 heterocycles. The van der Waals surface area contributed by atoms with Crippen LogP contribution >= 0.6 is 0 Å². The van der Waals surface area contributed by atoms with Crippen LogP contribution in [0.2, 0.25) is 0 Å². The standard InChI is InChI=1S/C14H27N3O2/c1-5-17(6-2)12(18)11(3)16-13(19)14(4)9-7-8-10-15-14/h11,15H,5-10H2,1-4H3,(H,16,19). The number of carbonyl (C=O) groups is 2. The fourth-order valence-corrected chi connectivity index (χ4v) is 2.48. The van der Waals surface area contributed by atoms with Crippen LogP contribution in [-0.4, -0.2) is 47.9 Å². The minimum absolute atomic E-state index is 0.0160. The largest absolute Gasteiger partial charge is 0.343 e. The maximum Gasteiger partial charge on any atom is 0.244 e. The molecule has 0 aromatic carbocycles. The molecule has 110 valence electrons. The highest BCUT2D eigenvalue weighted by Crippen LogP contribution is 2.18. The van der Waals surface area contributed by atoms with Crippen LogP contribution in [-0.2, 0) is 9.59 Å². The van der Waals surface area contributed by atoms with E-state index >= 15 is 0 Å². The third kappa shape index (κ3) is 3.93. The first-order valence-electron chi connectivity index (χ1n) is 7.29. The SMILES string of the molecule is CCN(CC)C(=O)C(C)NC(=O)C1(C)CCCCN1. The Bertz CT molecular complexity index is 321. The maximum absolute atomic E-state index is 12.3. The van der Waals surface area contributed by atoms with Gasteiger partial charge in [-0.15, -0.1) is 0 Å². The first-order valence-corrected chi connectivity index (χ1v) is 7.29. The minimum Gasteiger partial charge on any atom is -0.343 e. The van der Waals surface area contributed by atoms with Crippen molar-refractivity contribution in [2.45, 2.75) is 58.5 Å². The van der Waals surface area contributed by atoms with Gasteiger partial charge in [-0.2, -0.15) is 0 Å². The molecule has 0 aromatic rings. The van der Waals surface area contributed by atoms with Crippen LogP contribution < -0.4 is 10.6 Å². The molecule has 19 heavy (non-hydrogen) atoms. The topological polar surface area (TPSA) is 61.4 Å². The number of hydrogen-bond donors (Lipinski definition) is 2. The van der Waals surface area contributed by atoms with E-state index in [0.29, 0.717) is 13.1 Å². The van der Waals surface area contributed by atoms with E-state index in [-0.39, 0.29) is 11.8 Å². The minimum atomic E-state index is -0.532. The zero-order valence-electron chi connectivity index (χ0n) is 12.6. The zero-order chi connectivity index (χ0) is 14.5. The molecule has 1 rings (SSSR count). The second-order valence-corrected chi connectivity index (χ2v) is 5.42. The van der Waals surface area contributed by atoms with Gasteiger partial charge in [0, 0.05) is 13.1 Å². The molecule has 1 aliphatic rings. The molecule has 0 aromatic heterocycles. The highest BCUT2D eigenvalue weighted by atomic mass is 16.2. The molecule has 0 spiro atoms. The third-order valence-electron chi connectivity index (χ3n) is 3.91. The van der Waals surface area contributed by atoms with Crippen molar-refractivity contribution in [1.29, 1.82) is 0 Å². The number of nitrogens with one attached hydrogen (secondary N) is 2. The van der Waals surface area contributed by atoms with E-state index in [1.165, 1.54) is 0 Å². The molecule has 0 radical (unpaired) electrons. The summed E-state index contributed by atoms with van der Waals surface area (Å²) in [5.74, 6) is -0.0852. The van der Waals surface area contributed by atoms with E-state index in [1.807, 2.05) is 20.8 Å². The predicted octanol–water partition coefficient (Wildman–Crippen LogP) is 0.892. The molecule has 0 bridgehead atoms. The summed E-state index contributed by atoms with van der Waals surface area (Å²) >= 11 is 0. The van der Waals surface area contributed by atoms with Crippen molar-refractivity contribution in [2.24, 2.45) is 0 Å². The molecule has 0 aliphatic carbocycles. The van der Waals surface area contributed by atoms with Gasteiger partial charge in [-0.25, -0.2) is 0 Å². The quantitative estimate of drug-likeness (QED) is 0.779. The van der Waals surface area contributed by atoms with E-state index in [4.69, 9.17) is 0 Å². The maximum atomic E-state index is 12.3. The number of likely N-dealkylation sites (N-methyl/N-ethyl adjacent to an activating group) is 1. The lowest BCUT2D eigenvalue weighted by atomic mass is 9.90. The molecule has 1 fully saturated rings. The van der Waals surface area contributed by atoms with Crippen molar-refractivity contribution < 1.29 is 9.59 Å². The van der Waals surface area contributed by atoms with Gasteiger partial charge in [0.15, 0.2) is 0 Å². The lowest BCUT2D eigenvalue weighted by molar-refractivity contribution is -0.137. The van der Waals surface area contributed by atoms with Crippen molar-refractivity contribution in [2.75, 3.05) is 19.6 Å². The number of hydrogen-bond acceptors (Lipinski definition) is 3. The van der Waals surface area contributed by atoms with Crippen LogP contribution in [0.1, 0.15) is 47.0 Å². The fraction of sp³-hybridized carbons (Fsp3) is 0.857. The molecular weight excluding hydrogens is 242 g/mol. The first-order chi connectivity index (χ1) is 8.94. The van der Waals surface area contributed by atoms with Gasteiger partial charge in [-0.3, -0.25) is 9.59 Å². The number of rotatable bonds is 5. The van der Waals surface area contributed by atoms with Gasteiger partial charge < -0.3 is 15.5 Å². The molecule has 2 N–H and O–H groups in total. The van der Waals surface area contributed by atoms with Gasteiger partial charge in [0.05, 0.1) is 5.54 Å². The third-order valence-corrected chi connectivity index (χ3v) is 3.91. The van der Waals surface area contributed by atoms with Crippen LogP contribution in [0.3, 0.4) is 0 Å². The first kappa shape index (κ1) is 16.0. The Hall–Kier alpha value is -1.10. The molecule has 2 unspecified atom stereocenters. The van der Waals surface area contributed by atoms with Crippen LogP contribution in [0.4, 0.5) is 0 Å². The second kappa shape index (κ2) is 6.89. The number of carbonyl (C=O) groups excluding carboxylic acids is 2. The van der Waals surface area contributed by atoms with Gasteiger partial charge in [-0.1, -0.05) is 0 Å². The normalized spacial score (nSPS) is 24.6. The van der Waals surface area contributed by atoms with Crippen molar-refractivity contribution in [3.63, 3.8) is 0 Å². The Morgan fingerprint density at radius 1 is 1.32 bits per heavy atom. The molecule has 1 aliphatic heterocycles. The van der Waals surface area contributed by atoms with E-state index in [1.54, 1.807) is 11.8 Å². The fourth-order valence-electron chi connectivity index (χ4n) is 2.48. The lowest BCUT2D eigenvalue weighted by Gasteiger charge is -2.34. The summed E-state index contributed by atoms with van der Waals surface area (Å²) in [5.41, 5.74) is -0.532. The van der Waals surface area contributed by atoms with E-state index < -0.39 is 11.6 Å². The van der Waals surface area contributed by atoms with Crippen LogP contribution in [0.25, 0.3) is 0 Å². The van der Waals surface area contributed by atoms with E-state index in [9.17, 15) is 9.59 Å². The Morgan fingerprint density at radius 3 is 2.42 bits per heavy atom. The van der Waals surface area contributed by atoms with Crippen LogP contribution in [0.15, 0.2) is 0 Å². The van der Waals surface area contributed by atoms with Crippen molar-refractivity contribution in [1.82, 2.24) is 15.5 Å². The van der Waals surface area contributed by atoms with Gasteiger partial charge >= 0.3 is 0 Å². The number of amides is 2. The summed E-state index contributed by atoms with van der Waals surface area (Å²) < 4.78 is 0. The summed E-state index contributed by atoms with van der Waals surface area (Å²) in [6, 6.07) is -0.465. The molecule has 2 amide bonds. The van der Waals surface area contributed by atoms with Crippen molar-refractivity contribution in [3.05, 3.63) is 0 Å². The Balaban J connectivity index is 2.58. The Labute approximate surface area is 116 Å². The van der Waals surface area contributed by atoms with Gasteiger partial charge in [-0.05, 0) is 53.5 Å². The van der Waals surface area contributed by atoms with Gasteiger partial charge in [0.2, 0.25) is 11.8 Å². The predicted molar refractivity (Wildman–Crippen MR) is 75.8 cm³/mol. The number of nitrogens with zero attached hydrogens (tertiary/aromatic N) is 1. The smallest absolute Gasteiger partial charge is 0.244 e. The molecule has 5 heteroatoms. The zero-order valence-corrected chi connectivity index (χ0v) is 12.6. The monoisotopic (exact) mass is 269 g/mol. The lowest BCUT2D eigenvalue weighted by Crippen LogP contribution is -2.60. The van der Waals surface area contributed by atoms with E-state index in [0.717, 1.165) is 25.8 Å². The molecular formula is C14H27N3O2. The Kier molecular flexibility index (Phi) is 5.79. The van der Waals surface area contributed by atoms with Crippen molar-refractivity contribution >= 4 is 11.8 Å². The van der Waals surface area contributed by atoms with Gasteiger partial charge in [0.25, 0.3) is 0 Å². The average Bonchev–Trinajstić information content (AvgIpc) is 2.40. The highest BCUT2D eigenvalue weighted by Gasteiger charge is 2.35. The number of piperidine rings is 1.